The molecule has 1 aromatic heterocycles. The number of carbonyl (C=O) groups excluding carboxylic acids is 1. The van der Waals surface area contributed by atoms with E-state index in [1.165, 1.54) is 43.1 Å². The summed E-state index contributed by atoms with van der Waals surface area (Å²) in [6, 6.07) is 7.48. The van der Waals surface area contributed by atoms with E-state index >= 15 is 0 Å². The number of aromatic amines is 1. The number of amides is 1. The van der Waals surface area contributed by atoms with E-state index in [2.05, 4.69) is 15.6 Å². The smallest absolute Gasteiger partial charge is 0.328 e. The first-order chi connectivity index (χ1) is 13.1. The molecule has 1 heterocycles. The van der Waals surface area contributed by atoms with Crippen molar-refractivity contribution < 1.29 is 4.79 Å². The summed E-state index contributed by atoms with van der Waals surface area (Å²) in [7, 11) is 0. The van der Waals surface area contributed by atoms with E-state index in [0.29, 0.717) is 23.5 Å². The van der Waals surface area contributed by atoms with E-state index in [4.69, 9.17) is 0 Å². The Morgan fingerprint density at radius 3 is 2.59 bits per heavy atom. The molecule has 3 rings (SSSR count). The summed E-state index contributed by atoms with van der Waals surface area (Å²) in [5, 5.41) is 6.87. The molecular formula is C20H28N4O3. The van der Waals surface area contributed by atoms with Crippen LogP contribution in [0, 0.1) is 0 Å². The average Bonchev–Trinajstić information content (AvgIpc) is 2.94. The second-order valence-corrected chi connectivity index (χ2v) is 7.17. The van der Waals surface area contributed by atoms with Gasteiger partial charge in [0.05, 0.1) is 10.9 Å². The fourth-order valence-electron chi connectivity index (χ4n) is 3.73. The van der Waals surface area contributed by atoms with Crippen molar-refractivity contribution in [1.82, 2.24) is 20.2 Å². The summed E-state index contributed by atoms with van der Waals surface area (Å²) >= 11 is 0. The van der Waals surface area contributed by atoms with Crippen LogP contribution in [0.5, 0.6) is 0 Å². The highest BCUT2D eigenvalue weighted by Crippen LogP contribution is 2.16. The number of carbonyl (C=O) groups is 1. The average molecular weight is 372 g/mol. The lowest BCUT2D eigenvalue weighted by Gasteiger charge is -2.16. The molecule has 146 valence electrons. The number of fused-ring (bicyclic) bond motifs is 1. The van der Waals surface area contributed by atoms with Crippen LogP contribution >= 0.6 is 0 Å². The first kappa shape index (κ1) is 19.4. The number of nitrogens with one attached hydrogen (secondary N) is 3. The summed E-state index contributed by atoms with van der Waals surface area (Å²) < 4.78 is 1.44. The van der Waals surface area contributed by atoms with Crippen LogP contribution in [0.25, 0.3) is 10.9 Å². The van der Waals surface area contributed by atoms with E-state index in [-0.39, 0.29) is 18.9 Å². The van der Waals surface area contributed by atoms with E-state index in [0.717, 1.165) is 6.54 Å². The first-order valence-electron chi connectivity index (χ1n) is 9.87. The normalized spacial score (nSPS) is 15.6. The minimum Gasteiger partial charge on any atom is -0.355 e. The number of benzene rings is 1. The number of hydrogen-bond acceptors (Lipinski definition) is 4. The largest absolute Gasteiger partial charge is 0.355 e. The van der Waals surface area contributed by atoms with Gasteiger partial charge < -0.3 is 10.6 Å². The molecule has 1 aliphatic carbocycles. The van der Waals surface area contributed by atoms with Crippen molar-refractivity contribution in [2.45, 2.75) is 57.5 Å². The Balaban J connectivity index is 1.47. The maximum Gasteiger partial charge on any atom is 0.328 e. The second-order valence-electron chi connectivity index (χ2n) is 7.17. The molecule has 1 fully saturated rings. The highest BCUT2D eigenvalue weighted by atomic mass is 16.2. The topological polar surface area (TPSA) is 96.0 Å². The maximum atomic E-state index is 12.1. The molecule has 0 radical (unpaired) electrons. The molecule has 0 unspecified atom stereocenters. The number of hydrogen-bond donors (Lipinski definition) is 3. The molecule has 7 heteroatoms. The van der Waals surface area contributed by atoms with E-state index < -0.39 is 11.2 Å². The summed E-state index contributed by atoms with van der Waals surface area (Å²) in [4.78, 5) is 38.4. The lowest BCUT2D eigenvalue weighted by Crippen LogP contribution is -2.37. The van der Waals surface area contributed by atoms with Gasteiger partial charge in [0, 0.05) is 32.1 Å². The summed E-state index contributed by atoms with van der Waals surface area (Å²) in [5.74, 6) is -0.0974. The molecule has 0 aliphatic heterocycles. The lowest BCUT2D eigenvalue weighted by molar-refractivity contribution is -0.121. The number of nitrogens with zero attached hydrogens (tertiary/aromatic N) is 1. The fourth-order valence-corrected chi connectivity index (χ4v) is 3.73. The van der Waals surface area contributed by atoms with Crippen LogP contribution in [-0.4, -0.2) is 34.6 Å². The van der Waals surface area contributed by atoms with Gasteiger partial charge in [-0.3, -0.25) is 19.1 Å². The minimum absolute atomic E-state index is 0.0974. The molecule has 1 saturated carbocycles. The molecular weight excluding hydrogens is 344 g/mol. The van der Waals surface area contributed by atoms with Crippen LogP contribution in [-0.2, 0) is 11.3 Å². The maximum absolute atomic E-state index is 12.1. The van der Waals surface area contributed by atoms with E-state index in [9.17, 15) is 14.4 Å². The van der Waals surface area contributed by atoms with Crippen LogP contribution < -0.4 is 21.9 Å². The summed E-state index contributed by atoms with van der Waals surface area (Å²) in [6.07, 6.45) is 7.85. The van der Waals surface area contributed by atoms with Crippen molar-refractivity contribution in [1.29, 1.82) is 0 Å². The van der Waals surface area contributed by atoms with Crippen LogP contribution in [0.3, 0.4) is 0 Å². The molecule has 7 nitrogen and oxygen atoms in total. The van der Waals surface area contributed by atoms with E-state index in [1.54, 1.807) is 24.3 Å². The Hall–Kier alpha value is -2.41. The zero-order chi connectivity index (χ0) is 19.1. The standard InChI is InChI=1S/C20H28N4O3/c25-18(22-13-12-21-15-7-3-1-2-4-8-15)11-14-24-17-10-6-5-9-16(17)19(26)23-20(24)27/h5-6,9-10,15,21H,1-4,7-8,11-14H2,(H,22,25)(H,23,26,27). The van der Waals surface area contributed by atoms with Crippen LogP contribution in [0.2, 0.25) is 0 Å². The van der Waals surface area contributed by atoms with Gasteiger partial charge >= 0.3 is 5.69 Å². The van der Waals surface area contributed by atoms with Crippen molar-refractivity contribution >= 4 is 16.8 Å². The summed E-state index contributed by atoms with van der Waals surface area (Å²) in [5.41, 5.74) is -0.337. The molecule has 1 aliphatic rings. The zero-order valence-electron chi connectivity index (χ0n) is 15.6. The fraction of sp³-hybridized carbons (Fsp3) is 0.550. The molecule has 1 aromatic carbocycles. The predicted octanol–water partition coefficient (Wildman–Crippen LogP) is 1.51. The minimum atomic E-state index is -0.485. The van der Waals surface area contributed by atoms with Crippen molar-refractivity contribution in [3.8, 4) is 0 Å². The SMILES string of the molecule is O=C(CCn1c(=O)[nH]c(=O)c2ccccc21)NCCNC1CCCCCC1. The highest BCUT2D eigenvalue weighted by Gasteiger charge is 2.12. The third-order valence-electron chi connectivity index (χ3n) is 5.20. The van der Waals surface area contributed by atoms with Crippen molar-refractivity contribution in [2.24, 2.45) is 0 Å². The Labute approximate surface area is 158 Å². The van der Waals surface area contributed by atoms with Gasteiger partial charge in [0.25, 0.3) is 5.56 Å². The molecule has 0 spiro atoms. The first-order valence-corrected chi connectivity index (χ1v) is 9.87. The van der Waals surface area contributed by atoms with Crippen molar-refractivity contribution in [2.75, 3.05) is 13.1 Å². The van der Waals surface area contributed by atoms with Gasteiger partial charge in [0.15, 0.2) is 0 Å². The zero-order valence-corrected chi connectivity index (χ0v) is 15.6. The molecule has 0 saturated heterocycles. The van der Waals surface area contributed by atoms with Crippen LogP contribution in [0.1, 0.15) is 44.9 Å². The van der Waals surface area contributed by atoms with Gasteiger partial charge in [-0.05, 0) is 25.0 Å². The Bertz CT molecular complexity index is 879. The molecule has 2 aromatic rings. The van der Waals surface area contributed by atoms with Gasteiger partial charge in [-0.15, -0.1) is 0 Å². The quantitative estimate of drug-likeness (QED) is 0.507. The van der Waals surface area contributed by atoms with Gasteiger partial charge in [0.1, 0.15) is 0 Å². The van der Waals surface area contributed by atoms with Gasteiger partial charge in [-0.2, -0.15) is 0 Å². The second kappa shape index (κ2) is 9.50. The third-order valence-corrected chi connectivity index (χ3v) is 5.20. The highest BCUT2D eigenvalue weighted by molar-refractivity contribution is 5.78. The van der Waals surface area contributed by atoms with Crippen LogP contribution in [0.4, 0.5) is 0 Å². The lowest BCUT2D eigenvalue weighted by atomic mass is 10.1. The van der Waals surface area contributed by atoms with E-state index in [1.807, 2.05) is 0 Å². The number of rotatable bonds is 7. The Morgan fingerprint density at radius 2 is 1.81 bits per heavy atom. The van der Waals surface area contributed by atoms with Crippen molar-refractivity contribution in [3.63, 3.8) is 0 Å². The molecule has 27 heavy (non-hydrogen) atoms. The summed E-state index contributed by atoms with van der Waals surface area (Å²) in [6.45, 7) is 1.58. The third kappa shape index (κ3) is 5.29. The molecule has 0 atom stereocenters. The molecule has 3 N–H and O–H groups in total. The Kier molecular flexibility index (Phi) is 6.81. The number of H-pyrrole nitrogens is 1. The molecule has 1 amide bonds. The van der Waals surface area contributed by atoms with Gasteiger partial charge in [-0.25, -0.2) is 4.79 Å². The number of aromatic nitrogens is 2. The molecule has 0 bridgehead atoms. The number of aryl methyl sites for hydroxylation is 1. The number of para-hydroxylation sites is 1. The van der Waals surface area contributed by atoms with Crippen molar-refractivity contribution in [3.05, 3.63) is 45.1 Å². The predicted molar refractivity (Wildman–Crippen MR) is 106 cm³/mol. The van der Waals surface area contributed by atoms with Gasteiger partial charge in [0.2, 0.25) is 5.91 Å². The van der Waals surface area contributed by atoms with Crippen LogP contribution in [0.15, 0.2) is 33.9 Å². The Morgan fingerprint density at radius 1 is 1.07 bits per heavy atom. The monoisotopic (exact) mass is 372 g/mol. The van der Waals surface area contributed by atoms with Gasteiger partial charge in [-0.1, -0.05) is 37.8 Å².